The fourth-order valence-electron chi connectivity index (χ4n) is 3.18. The summed E-state index contributed by atoms with van der Waals surface area (Å²) in [6.07, 6.45) is -0.890. The van der Waals surface area contributed by atoms with Crippen LogP contribution in [-0.2, 0) is 14.8 Å². The highest BCUT2D eigenvalue weighted by atomic mass is 32.2. The van der Waals surface area contributed by atoms with Crippen LogP contribution in [0.4, 0.5) is 13.2 Å². The number of H-pyrrole nitrogens is 1. The second-order valence-corrected chi connectivity index (χ2v) is 10.3. The van der Waals surface area contributed by atoms with Crippen LogP contribution in [0.25, 0.3) is 22.2 Å². The van der Waals surface area contributed by atoms with Crippen molar-refractivity contribution in [1.29, 1.82) is 0 Å². The Bertz CT molecular complexity index is 1280. The molecule has 1 aliphatic rings. The van der Waals surface area contributed by atoms with Gasteiger partial charge < -0.3 is 15.2 Å². The predicted octanol–water partition coefficient (Wildman–Crippen LogP) is 3.79. The van der Waals surface area contributed by atoms with Gasteiger partial charge in [-0.1, -0.05) is 12.1 Å². The zero-order valence-electron chi connectivity index (χ0n) is 18.3. The average Bonchev–Trinajstić information content (AvgIpc) is 3.51. The van der Waals surface area contributed by atoms with Crippen molar-refractivity contribution in [3.8, 4) is 11.1 Å². The Balaban J connectivity index is 0.000000406. The van der Waals surface area contributed by atoms with Gasteiger partial charge in [-0.3, -0.25) is 0 Å². The highest BCUT2D eigenvalue weighted by Crippen LogP contribution is 2.41. The monoisotopic (exact) mass is 499 g/mol. The van der Waals surface area contributed by atoms with Gasteiger partial charge in [0.05, 0.1) is 17.0 Å². The molecule has 2 aromatic heterocycles. The quantitative estimate of drug-likeness (QED) is 0.408. The van der Waals surface area contributed by atoms with Gasteiger partial charge in [0, 0.05) is 17.3 Å². The SMILES string of the molecule is CC(C)(CO)NS(=O)(=O)c1ccc(-c2ccnc3[nH]c(C4CC4)cc23)cc1.O=C(O)C(F)(F)F. The van der Waals surface area contributed by atoms with Gasteiger partial charge in [0.2, 0.25) is 10.0 Å². The molecule has 184 valence electrons. The molecule has 0 unspecified atom stereocenters. The number of carbonyl (C=O) groups is 1. The van der Waals surface area contributed by atoms with E-state index in [-0.39, 0.29) is 11.5 Å². The molecule has 1 aromatic carbocycles. The van der Waals surface area contributed by atoms with Crippen molar-refractivity contribution in [1.82, 2.24) is 14.7 Å². The highest BCUT2D eigenvalue weighted by Gasteiger charge is 2.38. The number of halogens is 3. The molecule has 0 amide bonds. The number of aromatic amines is 1. The van der Waals surface area contributed by atoms with Crippen LogP contribution in [0.3, 0.4) is 0 Å². The average molecular weight is 500 g/mol. The first kappa shape index (κ1) is 25.7. The van der Waals surface area contributed by atoms with Gasteiger partial charge in [0.15, 0.2) is 0 Å². The first-order valence-corrected chi connectivity index (χ1v) is 11.7. The number of aliphatic hydroxyl groups is 1. The van der Waals surface area contributed by atoms with E-state index >= 15 is 0 Å². The predicted molar refractivity (Wildman–Crippen MR) is 119 cm³/mol. The highest BCUT2D eigenvalue weighted by molar-refractivity contribution is 7.89. The summed E-state index contributed by atoms with van der Waals surface area (Å²) in [7, 11) is -3.70. The van der Waals surface area contributed by atoms with Crippen molar-refractivity contribution >= 4 is 27.0 Å². The molecular weight excluding hydrogens is 475 g/mol. The Hall–Kier alpha value is -2.96. The number of nitrogens with zero attached hydrogens (tertiary/aromatic N) is 1. The number of carboxylic acids is 1. The van der Waals surface area contributed by atoms with E-state index in [4.69, 9.17) is 9.90 Å². The normalized spacial score (nSPS) is 14.5. The van der Waals surface area contributed by atoms with Gasteiger partial charge in [0.1, 0.15) is 5.65 Å². The number of sulfonamides is 1. The summed E-state index contributed by atoms with van der Waals surface area (Å²) >= 11 is 0. The summed E-state index contributed by atoms with van der Waals surface area (Å²) in [4.78, 5) is 16.9. The number of aliphatic hydroxyl groups excluding tert-OH is 1. The zero-order chi connectivity index (χ0) is 25.3. The third-order valence-corrected chi connectivity index (χ3v) is 6.81. The standard InChI is InChI=1S/C20H23N3O3S.C2HF3O2/c1-20(2,12-24)23-27(25,26)15-7-5-13(6-8-15)16-9-10-21-19-17(16)11-18(22-19)14-3-4-14;3-2(4,5)1(6)7/h5-11,14,23-24H,3-4,12H2,1-2H3,(H,21,22);(H,6,7). The summed E-state index contributed by atoms with van der Waals surface area (Å²) in [5.41, 5.74) is 3.12. The smallest absolute Gasteiger partial charge is 0.475 e. The number of benzene rings is 1. The van der Waals surface area contributed by atoms with Gasteiger partial charge >= 0.3 is 12.1 Å². The van der Waals surface area contributed by atoms with Crippen LogP contribution in [0.1, 0.15) is 38.3 Å². The fourth-order valence-corrected chi connectivity index (χ4v) is 4.59. The molecule has 4 N–H and O–H groups in total. The first-order chi connectivity index (χ1) is 15.7. The summed E-state index contributed by atoms with van der Waals surface area (Å²) in [5.74, 6) is -2.15. The maximum absolute atomic E-state index is 12.5. The number of pyridine rings is 1. The van der Waals surface area contributed by atoms with Gasteiger partial charge in [-0.05, 0) is 68.0 Å². The molecule has 0 radical (unpaired) electrons. The lowest BCUT2D eigenvalue weighted by molar-refractivity contribution is -0.192. The topological polar surface area (TPSA) is 132 Å². The molecule has 1 saturated carbocycles. The van der Waals surface area contributed by atoms with Gasteiger partial charge in [-0.25, -0.2) is 22.9 Å². The molecule has 2 heterocycles. The van der Waals surface area contributed by atoms with Crippen molar-refractivity contribution in [2.45, 2.75) is 49.2 Å². The number of carboxylic acid groups (broad SMARTS) is 1. The van der Waals surface area contributed by atoms with E-state index in [1.54, 1.807) is 44.3 Å². The lowest BCUT2D eigenvalue weighted by atomic mass is 10.0. The Labute approximate surface area is 193 Å². The second-order valence-electron chi connectivity index (χ2n) is 8.59. The maximum Gasteiger partial charge on any atom is 0.490 e. The molecule has 34 heavy (non-hydrogen) atoms. The van der Waals surface area contributed by atoms with E-state index in [1.165, 1.54) is 18.5 Å². The van der Waals surface area contributed by atoms with E-state index in [9.17, 15) is 26.7 Å². The van der Waals surface area contributed by atoms with Crippen LogP contribution in [0, 0.1) is 0 Å². The largest absolute Gasteiger partial charge is 0.490 e. The van der Waals surface area contributed by atoms with E-state index in [2.05, 4.69) is 20.8 Å². The molecule has 0 atom stereocenters. The van der Waals surface area contributed by atoms with Crippen molar-refractivity contribution < 1.29 is 36.6 Å². The van der Waals surface area contributed by atoms with Crippen molar-refractivity contribution in [3.05, 3.63) is 48.3 Å². The van der Waals surface area contributed by atoms with Crippen LogP contribution in [-0.4, -0.2) is 52.9 Å². The lowest BCUT2D eigenvalue weighted by Crippen LogP contribution is -2.46. The van der Waals surface area contributed by atoms with Crippen LogP contribution in [0.2, 0.25) is 0 Å². The van der Waals surface area contributed by atoms with Crippen molar-refractivity contribution in [2.24, 2.45) is 0 Å². The third-order valence-electron chi connectivity index (χ3n) is 5.09. The van der Waals surface area contributed by atoms with Crippen LogP contribution >= 0.6 is 0 Å². The Morgan fingerprint density at radius 2 is 1.76 bits per heavy atom. The molecule has 12 heteroatoms. The first-order valence-electron chi connectivity index (χ1n) is 10.3. The molecule has 4 rings (SSSR count). The minimum atomic E-state index is -5.08. The summed E-state index contributed by atoms with van der Waals surface area (Å²) < 4.78 is 59.3. The summed E-state index contributed by atoms with van der Waals surface area (Å²) in [6, 6.07) is 10.9. The van der Waals surface area contributed by atoms with Gasteiger partial charge in [0.25, 0.3) is 0 Å². The van der Waals surface area contributed by atoms with E-state index in [0.29, 0.717) is 5.92 Å². The molecule has 0 aliphatic heterocycles. The maximum atomic E-state index is 12.5. The molecule has 1 fully saturated rings. The zero-order valence-corrected chi connectivity index (χ0v) is 19.2. The number of aromatic nitrogens is 2. The van der Waals surface area contributed by atoms with Crippen molar-refractivity contribution in [3.63, 3.8) is 0 Å². The molecule has 3 aromatic rings. The van der Waals surface area contributed by atoms with Crippen LogP contribution in [0.15, 0.2) is 47.5 Å². The number of hydrogen-bond donors (Lipinski definition) is 4. The Kier molecular flexibility index (Phi) is 7.06. The number of aliphatic carboxylic acids is 1. The number of hydrogen-bond acceptors (Lipinski definition) is 5. The minimum absolute atomic E-state index is 0.172. The number of nitrogens with one attached hydrogen (secondary N) is 2. The lowest BCUT2D eigenvalue weighted by Gasteiger charge is -2.23. The minimum Gasteiger partial charge on any atom is -0.475 e. The Morgan fingerprint density at radius 3 is 2.26 bits per heavy atom. The third kappa shape index (κ3) is 6.13. The second kappa shape index (κ2) is 9.35. The fraction of sp³-hybridized carbons (Fsp3) is 0.364. The van der Waals surface area contributed by atoms with Crippen molar-refractivity contribution in [2.75, 3.05) is 6.61 Å². The van der Waals surface area contributed by atoms with E-state index < -0.39 is 27.7 Å². The summed E-state index contributed by atoms with van der Waals surface area (Å²) in [6.45, 7) is 2.99. The summed E-state index contributed by atoms with van der Waals surface area (Å²) in [5, 5.41) is 17.5. The molecular formula is C22H24F3N3O5S. The van der Waals surface area contributed by atoms with E-state index in [0.717, 1.165) is 22.2 Å². The van der Waals surface area contributed by atoms with Gasteiger partial charge in [-0.2, -0.15) is 13.2 Å². The molecule has 1 aliphatic carbocycles. The molecule has 8 nitrogen and oxygen atoms in total. The molecule has 0 saturated heterocycles. The number of fused-ring (bicyclic) bond motifs is 1. The number of alkyl halides is 3. The van der Waals surface area contributed by atoms with E-state index in [1.807, 2.05) is 6.07 Å². The number of rotatable bonds is 6. The molecule has 0 spiro atoms. The van der Waals surface area contributed by atoms with Crippen LogP contribution in [0.5, 0.6) is 0 Å². The Morgan fingerprint density at radius 1 is 1.18 bits per heavy atom. The molecule has 0 bridgehead atoms. The van der Waals surface area contributed by atoms with Gasteiger partial charge in [-0.15, -0.1) is 0 Å². The van der Waals surface area contributed by atoms with Crippen LogP contribution < -0.4 is 4.72 Å².